The van der Waals surface area contributed by atoms with Gasteiger partial charge in [0.2, 0.25) is 0 Å². The number of thiazole rings is 1. The minimum absolute atomic E-state index is 0.489. The molecule has 5 nitrogen and oxygen atoms in total. The highest BCUT2D eigenvalue weighted by Crippen LogP contribution is 2.27. The fourth-order valence-electron chi connectivity index (χ4n) is 3.11. The summed E-state index contributed by atoms with van der Waals surface area (Å²) < 4.78 is 2.20. The molecule has 1 aliphatic rings. The van der Waals surface area contributed by atoms with Crippen molar-refractivity contribution in [1.29, 1.82) is 0 Å². The summed E-state index contributed by atoms with van der Waals surface area (Å²) in [6.07, 6.45) is 4.18. The lowest BCUT2D eigenvalue weighted by Gasteiger charge is -2.29. The molecule has 0 amide bonds. The first-order valence-electron chi connectivity index (χ1n) is 7.30. The van der Waals surface area contributed by atoms with Gasteiger partial charge >= 0.3 is 0 Å². The average Bonchev–Trinajstić information content (AvgIpc) is 2.93. The molecule has 0 aliphatic carbocycles. The minimum atomic E-state index is 0.489. The van der Waals surface area contributed by atoms with E-state index in [2.05, 4.69) is 39.7 Å². The van der Waals surface area contributed by atoms with E-state index in [0.29, 0.717) is 12.6 Å². The third-order valence-electron chi connectivity index (χ3n) is 4.04. The van der Waals surface area contributed by atoms with Crippen molar-refractivity contribution >= 4 is 22.1 Å². The van der Waals surface area contributed by atoms with Crippen LogP contribution in [0, 0.1) is 0 Å². The number of hydrogen-bond acceptors (Lipinski definition) is 5. The summed E-state index contributed by atoms with van der Waals surface area (Å²) in [5.41, 5.74) is 7.07. The van der Waals surface area contributed by atoms with Crippen LogP contribution in [-0.4, -0.2) is 53.6 Å². The van der Waals surface area contributed by atoms with Gasteiger partial charge in [-0.1, -0.05) is 0 Å². The second kappa shape index (κ2) is 5.71. The van der Waals surface area contributed by atoms with Crippen LogP contribution < -0.4 is 10.6 Å². The molecule has 110 valence electrons. The number of likely N-dealkylation sites (N-methyl/N-ethyl adjacent to an activating group) is 1. The second-order valence-electron chi connectivity index (χ2n) is 5.63. The highest BCUT2D eigenvalue weighted by atomic mass is 32.1. The first-order valence-corrected chi connectivity index (χ1v) is 8.18. The largest absolute Gasteiger partial charge is 0.351 e. The second-order valence-corrected chi connectivity index (χ2v) is 6.51. The summed E-state index contributed by atoms with van der Waals surface area (Å²) in [6.45, 7) is 6.29. The highest BCUT2D eigenvalue weighted by Gasteiger charge is 2.25. The Morgan fingerprint density at radius 2 is 2.30 bits per heavy atom. The van der Waals surface area contributed by atoms with Gasteiger partial charge < -0.3 is 15.5 Å². The lowest BCUT2D eigenvalue weighted by atomic mass is 10.2. The summed E-state index contributed by atoms with van der Waals surface area (Å²) in [4.78, 5) is 10.8. The molecule has 3 heterocycles. The summed E-state index contributed by atoms with van der Waals surface area (Å²) >= 11 is 1.69. The predicted octanol–water partition coefficient (Wildman–Crippen LogP) is 1.43. The van der Waals surface area contributed by atoms with E-state index in [1.54, 1.807) is 11.3 Å². The first kappa shape index (κ1) is 13.9. The lowest BCUT2D eigenvalue weighted by Crippen LogP contribution is -2.38. The molecule has 3 rings (SSSR count). The molecule has 0 saturated carbocycles. The molecule has 6 heteroatoms. The topological polar surface area (TPSA) is 49.8 Å². The monoisotopic (exact) mass is 293 g/mol. The summed E-state index contributed by atoms with van der Waals surface area (Å²) in [5, 5.41) is 2.09. The third-order valence-corrected chi connectivity index (χ3v) is 4.80. The number of hydrogen-bond donors (Lipinski definition) is 1. The maximum atomic E-state index is 5.80. The number of imidazole rings is 1. The van der Waals surface area contributed by atoms with Crippen molar-refractivity contribution in [1.82, 2.24) is 14.3 Å². The number of rotatable bonds is 3. The maximum Gasteiger partial charge on any atom is 0.195 e. The Balaban J connectivity index is 1.99. The fourth-order valence-corrected chi connectivity index (χ4v) is 3.84. The van der Waals surface area contributed by atoms with Crippen molar-refractivity contribution in [3.8, 4) is 0 Å². The van der Waals surface area contributed by atoms with Crippen molar-refractivity contribution < 1.29 is 0 Å². The van der Waals surface area contributed by atoms with Crippen molar-refractivity contribution in [3.05, 3.63) is 17.3 Å². The van der Waals surface area contributed by atoms with Crippen LogP contribution >= 0.6 is 11.3 Å². The molecule has 20 heavy (non-hydrogen) atoms. The highest BCUT2D eigenvalue weighted by molar-refractivity contribution is 7.15. The molecule has 0 spiro atoms. The molecule has 2 aromatic heterocycles. The van der Waals surface area contributed by atoms with Gasteiger partial charge in [-0.15, -0.1) is 11.3 Å². The van der Waals surface area contributed by atoms with Crippen LogP contribution in [0.2, 0.25) is 0 Å². The molecule has 2 N–H and O–H groups in total. The van der Waals surface area contributed by atoms with Crippen molar-refractivity contribution in [2.24, 2.45) is 5.73 Å². The molecule has 0 radical (unpaired) electrons. The molecule has 1 unspecified atom stereocenters. The Kier molecular flexibility index (Phi) is 3.96. The van der Waals surface area contributed by atoms with E-state index in [9.17, 15) is 0 Å². The van der Waals surface area contributed by atoms with Gasteiger partial charge in [-0.3, -0.25) is 4.40 Å². The van der Waals surface area contributed by atoms with Gasteiger partial charge in [0.05, 0.1) is 5.69 Å². The average molecular weight is 293 g/mol. The number of nitrogens with zero attached hydrogens (tertiary/aromatic N) is 4. The Labute approximate surface area is 124 Å². The zero-order chi connectivity index (χ0) is 14.1. The SMILES string of the molecule is CC1CN(C)CCCN1c1nc2sccn2c1CCN. The molecule has 2 aromatic rings. The number of fused-ring (bicyclic) bond motifs is 1. The number of anilines is 1. The van der Waals surface area contributed by atoms with Gasteiger partial charge in [-0.25, -0.2) is 4.98 Å². The Morgan fingerprint density at radius 3 is 3.10 bits per heavy atom. The van der Waals surface area contributed by atoms with E-state index in [4.69, 9.17) is 10.7 Å². The molecule has 1 atom stereocenters. The van der Waals surface area contributed by atoms with Crippen molar-refractivity contribution in [2.45, 2.75) is 25.8 Å². The third kappa shape index (κ3) is 2.43. The minimum Gasteiger partial charge on any atom is -0.351 e. The summed E-state index contributed by atoms with van der Waals surface area (Å²) in [5.74, 6) is 1.14. The van der Waals surface area contributed by atoms with Crippen LogP contribution in [0.1, 0.15) is 19.0 Å². The van der Waals surface area contributed by atoms with Gasteiger partial charge in [0.25, 0.3) is 0 Å². The van der Waals surface area contributed by atoms with Gasteiger partial charge in [-0.2, -0.15) is 0 Å². The van der Waals surface area contributed by atoms with E-state index in [1.807, 2.05) is 0 Å². The van der Waals surface area contributed by atoms with E-state index >= 15 is 0 Å². The van der Waals surface area contributed by atoms with Crippen LogP contribution in [0.4, 0.5) is 5.82 Å². The molecular formula is C14H23N5S. The Hall–Kier alpha value is -1.11. The number of aromatic nitrogens is 2. The van der Waals surface area contributed by atoms with E-state index in [-0.39, 0.29) is 0 Å². The van der Waals surface area contributed by atoms with Crippen LogP contribution in [0.25, 0.3) is 4.96 Å². The van der Waals surface area contributed by atoms with Crippen molar-refractivity contribution in [3.63, 3.8) is 0 Å². The molecule has 0 aromatic carbocycles. The van der Waals surface area contributed by atoms with Gasteiger partial charge in [0.15, 0.2) is 10.8 Å². The summed E-state index contributed by atoms with van der Waals surface area (Å²) in [7, 11) is 2.20. The normalized spacial score (nSPS) is 21.6. The molecule has 0 bridgehead atoms. The van der Waals surface area contributed by atoms with Crippen LogP contribution in [0.3, 0.4) is 0 Å². The smallest absolute Gasteiger partial charge is 0.195 e. The Morgan fingerprint density at radius 1 is 1.45 bits per heavy atom. The standard InChI is InChI=1S/C14H23N5S/c1-11-10-17(2)6-3-7-18(11)13-12(4-5-15)19-8-9-20-14(19)16-13/h8-9,11H,3-7,10,15H2,1-2H3. The van der Waals surface area contributed by atoms with E-state index in [0.717, 1.165) is 36.8 Å². The maximum absolute atomic E-state index is 5.80. The quantitative estimate of drug-likeness (QED) is 0.930. The van der Waals surface area contributed by atoms with E-state index < -0.39 is 0 Å². The summed E-state index contributed by atoms with van der Waals surface area (Å²) in [6, 6.07) is 0.489. The fraction of sp³-hybridized carbons (Fsp3) is 0.643. The zero-order valence-electron chi connectivity index (χ0n) is 12.2. The molecule has 1 saturated heterocycles. The van der Waals surface area contributed by atoms with Crippen molar-refractivity contribution in [2.75, 3.05) is 38.1 Å². The first-order chi connectivity index (χ1) is 9.70. The van der Waals surface area contributed by atoms with Gasteiger partial charge in [0.1, 0.15) is 0 Å². The zero-order valence-corrected chi connectivity index (χ0v) is 13.1. The van der Waals surface area contributed by atoms with Gasteiger partial charge in [0, 0.05) is 37.1 Å². The van der Waals surface area contributed by atoms with Crippen LogP contribution in [0.15, 0.2) is 11.6 Å². The van der Waals surface area contributed by atoms with Crippen LogP contribution in [0.5, 0.6) is 0 Å². The van der Waals surface area contributed by atoms with Crippen LogP contribution in [-0.2, 0) is 6.42 Å². The molecule has 1 fully saturated rings. The lowest BCUT2D eigenvalue weighted by molar-refractivity contribution is 0.337. The molecule has 1 aliphatic heterocycles. The molecular weight excluding hydrogens is 270 g/mol. The van der Waals surface area contributed by atoms with E-state index in [1.165, 1.54) is 12.1 Å². The van der Waals surface area contributed by atoms with Gasteiger partial charge in [-0.05, 0) is 33.5 Å². The predicted molar refractivity (Wildman–Crippen MR) is 84.7 cm³/mol. The number of nitrogens with two attached hydrogens (primary N) is 1. The Bertz CT molecular complexity index is 575.